The van der Waals surface area contributed by atoms with E-state index in [0.29, 0.717) is 29.9 Å². The van der Waals surface area contributed by atoms with E-state index < -0.39 is 21.9 Å². The van der Waals surface area contributed by atoms with Gasteiger partial charge in [0.15, 0.2) is 0 Å². The van der Waals surface area contributed by atoms with Gasteiger partial charge in [0.25, 0.3) is 5.91 Å². The summed E-state index contributed by atoms with van der Waals surface area (Å²) in [5.41, 5.74) is 1.33. The first-order valence-electron chi connectivity index (χ1n) is 9.63. The molecule has 9 heteroatoms. The fraction of sp³-hybridized carbons (Fsp3) is 0.333. The molecule has 1 fully saturated rings. The molecule has 1 heterocycles. The number of carbonyl (C=O) groups excluding carboxylic acids is 2. The number of ether oxygens (including phenoxy) is 1. The van der Waals surface area contributed by atoms with Gasteiger partial charge >= 0.3 is 5.97 Å². The number of rotatable bonds is 6. The van der Waals surface area contributed by atoms with Crippen molar-refractivity contribution in [3.8, 4) is 0 Å². The van der Waals surface area contributed by atoms with Gasteiger partial charge in [0.05, 0.1) is 27.7 Å². The van der Waals surface area contributed by atoms with E-state index in [-0.39, 0.29) is 22.1 Å². The lowest BCUT2D eigenvalue weighted by molar-refractivity contribution is 0.0525. The van der Waals surface area contributed by atoms with Crippen molar-refractivity contribution in [2.45, 2.75) is 31.6 Å². The third kappa shape index (κ3) is 4.50. The molecule has 1 N–H and O–H groups in total. The average molecular weight is 451 g/mol. The molecule has 1 aliphatic heterocycles. The Morgan fingerprint density at radius 1 is 1.13 bits per heavy atom. The van der Waals surface area contributed by atoms with Gasteiger partial charge in [-0.15, -0.1) is 0 Å². The van der Waals surface area contributed by atoms with Crippen molar-refractivity contribution in [1.29, 1.82) is 0 Å². The lowest BCUT2D eigenvalue weighted by atomic mass is 10.1. The Morgan fingerprint density at radius 2 is 1.83 bits per heavy atom. The zero-order chi connectivity index (χ0) is 21.9. The molecule has 30 heavy (non-hydrogen) atoms. The van der Waals surface area contributed by atoms with Gasteiger partial charge in [-0.1, -0.05) is 17.7 Å². The summed E-state index contributed by atoms with van der Waals surface area (Å²) in [7, 11) is -3.68. The van der Waals surface area contributed by atoms with Crippen LogP contribution in [0.25, 0.3) is 0 Å². The summed E-state index contributed by atoms with van der Waals surface area (Å²) in [5.74, 6) is -1.05. The van der Waals surface area contributed by atoms with Crippen LogP contribution in [0.2, 0.25) is 5.02 Å². The van der Waals surface area contributed by atoms with Crippen LogP contribution in [0.3, 0.4) is 0 Å². The van der Waals surface area contributed by atoms with Crippen molar-refractivity contribution >= 4 is 39.2 Å². The number of carbonyl (C=O) groups is 2. The first-order chi connectivity index (χ1) is 14.3. The van der Waals surface area contributed by atoms with Gasteiger partial charge in [-0.3, -0.25) is 4.79 Å². The van der Waals surface area contributed by atoms with Gasteiger partial charge in [-0.2, -0.15) is 4.31 Å². The van der Waals surface area contributed by atoms with Crippen molar-refractivity contribution in [2.75, 3.05) is 25.0 Å². The number of anilines is 1. The van der Waals surface area contributed by atoms with Gasteiger partial charge in [0.1, 0.15) is 0 Å². The summed E-state index contributed by atoms with van der Waals surface area (Å²) in [6, 6.07) is 8.98. The quantitative estimate of drug-likeness (QED) is 0.674. The zero-order valence-corrected chi connectivity index (χ0v) is 18.3. The van der Waals surface area contributed by atoms with Gasteiger partial charge in [-0.05, 0) is 62.6 Å². The molecule has 0 atom stereocenters. The Morgan fingerprint density at radius 3 is 2.50 bits per heavy atom. The van der Waals surface area contributed by atoms with Crippen LogP contribution in [0.5, 0.6) is 0 Å². The summed E-state index contributed by atoms with van der Waals surface area (Å²) < 4.78 is 32.1. The highest BCUT2D eigenvalue weighted by Crippen LogP contribution is 2.27. The lowest BCUT2D eigenvalue weighted by Crippen LogP contribution is -2.28. The molecule has 7 nitrogen and oxygen atoms in total. The number of hydrogen-bond acceptors (Lipinski definition) is 5. The van der Waals surface area contributed by atoms with Crippen molar-refractivity contribution in [3.63, 3.8) is 0 Å². The molecule has 0 aromatic heterocycles. The van der Waals surface area contributed by atoms with Crippen LogP contribution in [0.1, 0.15) is 46.0 Å². The molecule has 0 radical (unpaired) electrons. The highest BCUT2D eigenvalue weighted by molar-refractivity contribution is 7.89. The molecule has 0 spiro atoms. The number of hydrogen-bond donors (Lipinski definition) is 1. The van der Waals surface area contributed by atoms with Gasteiger partial charge in [0, 0.05) is 18.8 Å². The summed E-state index contributed by atoms with van der Waals surface area (Å²) in [6.07, 6.45) is 1.63. The molecule has 1 saturated heterocycles. The minimum Gasteiger partial charge on any atom is -0.462 e. The molecular formula is C21H23ClN2O5S. The molecule has 0 saturated carbocycles. The second-order valence-electron chi connectivity index (χ2n) is 6.91. The fourth-order valence-electron chi connectivity index (χ4n) is 3.31. The van der Waals surface area contributed by atoms with E-state index in [1.165, 1.54) is 22.5 Å². The van der Waals surface area contributed by atoms with Crippen LogP contribution in [-0.2, 0) is 14.8 Å². The molecule has 3 rings (SSSR count). The molecule has 1 aliphatic rings. The number of esters is 1. The highest BCUT2D eigenvalue weighted by Gasteiger charge is 2.28. The van der Waals surface area contributed by atoms with Crippen LogP contribution in [0.4, 0.5) is 5.69 Å². The summed E-state index contributed by atoms with van der Waals surface area (Å²) >= 11 is 6.19. The molecule has 1 amide bonds. The Bertz CT molecular complexity index is 1080. The van der Waals surface area contributed by atoms with Crippen LogP contribution in [0.15, 0.2) is 41.3 Å². The van der Waals surface area contributed by atoms with Gasteiger partial charge in [0.2, 0.25) is 10.0 Å². The third-order valence-electron chi connectivity index (χ3n) is 4.96. The first-order valence-corrected chi connectivity index (χ1v) is 11.4. The number of sulfonamides is 1. The van der Waals surface area contributed by atoms with Crippen LogP contribution < -0.4 is 5.32 Å². The molecule has 2 aromatic rings. The van der Waals surface area contributed by atoms with Crippen molar-refractivity contribution in [2.24, 2.45) is 0 Å². The van der Waals surface area contributed by atoms with Crippen molar-refractivity contribution in [3.05, 3.63) is 58.1 Å². The normalized spacial score (nSPS) is 14.5. The first kappa shape index (κ1) is 22.3. The monoisotopic (exact) mass is 450 g/mol. The Labute approximate surface area is 181 Å². The maximum absolute atomic E-state index is 12.9. The summed E-state index contributed by atoms with van der Waals surface area (Å²) in [4.78, 5) is 25.0. The molecule has 0 bridgehead atoms. The second kappa shape index (κ2) is 9.16. The zero-order valence-electron chi connectivity index (χ0n) is 16.8. The van der Waals surface area contributed by atoms with Crippen LogP contribution in [0, 0.1) is 6.92 Å². The van der Waals surface area contributed by atoms with Crippen molar-refractivity contribution in [1.82, 2.24) is 4.31 Å². The van der Waals surface area contributed by atoms with E-state index >= 15 is 0 Å². The third-order valence-corrected chi connectivity index (χ3v) is 7.19. The molecule has 0 unspecified atom stereocenters. The Hall–Kier alpha value is -2.42. The van der Waals surface area contributed by atoms with E-state index in [2.05, 4.69) is 5.32 Å². The number of nitrogens with one attached hydrogen (secondary N) is 1. The molecular weight excluding hydrogens is 428 g/mol. The van der Waals surface area contributed by atoms with Crippen LogP contribution >= 0.6 is 11.6 Å². The predicted molar refractivity (Wildman–Crippen MR) is 115 cm³/mol. The SMILES string of the molecule is CCOC(=O)c1cccc(NC(=O)c2cc(S(=O)(=O)N3CCCC3)ccc2Cl)c1C. The summed E-state index contributed by atoms with van der Waals surface area (Å²) in [6.45, 7) is 4.57. The van der Waals surface area contributed by atoms with Crippen LogP contribution in [-0.4, -0.2) is 44.3 Å². The summed E-state index contributed by atoms with van der Waals surface area (Å²) in [5, 5.41) is 2.84. The van der Waals surface area contributed by atoms with E-state index in [0.717, 1.165) is 12.8 Å². The predicted octanol–water partition coefficient (Wildman–Crippen LogP) is 3.86. The largest absolute Gasteiger partial charge is 0.462 e. The van der Waals surface area contributed by atoms with E-state index in [4.69, 9.17) is 16.3 Å². The number of amides is 1. The maximum atomic E-state index is 12.9. The lowest BCUT2D eigenvalue weighted by Gasteiger charge is -2.17. The topological polar surface area (TPSA) is 92.8 Å². The Balaban J connectivity index is 1.89. The standard InChI is InChI=1S/C21H23ClN2O5S/c1-3-29-21(26)16-7-6-8-19(14(16)2)23-20(25)17-13-15(9-10-18(17)22)30(27,28)24-11-4-5-12-24/h6-10,13H,3-5,11-12H2,1-2H3,(H,23,25). The highest BCUT2D eigenvalue weighted by atomic mass is 35.5. The smallest absolute Gasteiger partial charge is 0.338 e. The fourth-order valence-corrected chi connectivity index (χ4v) is 5.05. The molecule has 0 aliphatic carbocycles. The average Bonchev–Trinajstić information content (AvgIpc) is 3.25. The number of benzene rings is 2. The molecule has 2 aromatic carbocycles. The number of halogens is 1. The van der Waals surface area contributed by atoms with E-state index in [1.54, 1.807) is 32.0 Å². The minimum absolute atomic E-state index is 0.0240. The number of nitrogens with zero attached hydrogens (tertiary/aromatic N) is 1. The Kier molecular flexibility index (Phi) is 6.80. The van der Waals surface area contributed by atoms with E-state index in [9.17, 15) is 18.0 Å². The van der Waals surface area contributed by atoms with Gasteiger partial charge < -0.3 is 10.1 Å². The van der Waals surface area contributed by atoms with E-state index in [1.807, 2.05) is 0 Å². The van der Waals surface area contributed by atoms with Gasteiger partial charge in [-0.25, -0.2) is 13.2 Å². The minimum atomic E-state index is -3.68. The molecule has 160 valence electrons. The van der Waals surface area contributed by atoms with Crippen molar-refractivity contribution < 1.29 is 22.7 Å². The maximum Gasteiger partial charge on any atom is 0.338 e. The second-order valence-corrected chi connectivity index (χ2v) is 9.25.